The van der Waals surface area contributed by atoms with Gasteiger partial charge in [0.05, 0.1) is 16.6 Å². The molecular weight excluding hydrogens is 641 g/mol. The van der Waals surface area contributed by atoms with Gasteiger partial charge in [0.25, 0.3) is 0 Å². The predicted octanol–water partition coefficient (Wildman–Crippen LogP) is 12.7. The molecule has 0 bridgehead atoms. The Bertz CT molecular complexity index is 2720. The fourth-order valence-corrected chi connectivity index (χ4v) is 8.36. The van der Waals surface area contributed by atoms with E-state index in [2.05, 4.69) is 194 Å². The number of benzene rings is 8. The molecule has 1 aromatic heterocycles. The van der Waals surface area contributed by atoms with E-state index < -0.39 is 5.41 Å². The fraction of sp³-hybridized carbons (Fsp3) is 0.0196. The first-order valence-electron chi connectivity index (χ1n) is 18.2. The second-order valence-electron chi connectivity index (χ2n) is 13.7. The maximum absolute atomic E-state index is 5.25. The van der Waals surface area contributed by atoms with E-state index in [1.165, 1.54) is 44.5 Å². The Hall–Kier alpha value is -6.90. The summed E-state index contributed by atoms with van der Waals surface area (Å²) in [6, 6.07) is 74.0. The summed E-state index contributed by atoms with van der Waals surface area (Å²) >= 11 is 0. The molecule has 0 saturated heterocycles. The summed E-state index contributed by atoms with van der Waals surface area (Å²) in [5.74, 6) is 0.711. The van der Waals surface area contributed by atoms with Crippen LogP contribution in [-0.2, 0) is 5.41 Å². The number of hydrogen-bond donors (Lipinski definition) is 0. The second kappa shape index (κ2) is 12.7. The first-order valence-corrected chi connectivity index (χ1v) is 18.2. The summed E-state index contributed by atoms with van der Waals surface area (Å²) in [6.45, 7) is 0. The summed E-state index contributed by atoms with van der Waals surface area (Å²) < 4.78 is 0. The van der Waals surface area contributed by atoms with Crippen LogP contribution in [0.5, 0.6) is 0 Å². The van der Waals surface area contributed by atoms with Gasteiger partial charge in [0.15, 0.2) is 5.82 Å². The average molecular weight is 675 g/mol. The number of para-hydroxylation sites is 1. The van der Waals surface area contributed by atoms with Crippen LogP contribution >= 0.6 is 0 Å². The van der Waals surface area contributed by atoms with Gasteiger partial charge in [0, 0.05) is 16.5 Å². The lowest BCUT2D eigenvalue weighted by Gasteiger charge is -2.34. The van der Waals surface area contributed by atoms with E-state index in [0.29, 0.717) is 5.82 Å². The minimum atomic E-state index is -0.450. The van der Waals surface area contributed by atoms with Crippen molar-refractivity contribution in [2.75, 3.05) is 0 Å². The molecule has 0 amide bonds. The molecule has 0 radical (unpaired) electrons. The Labute approximate surface area is 309 Å². The molecule has 0 N–H and O–H groups in total. The van der Waals surface area contributed by atoms with Crippen LogP contribution in [0, 0.1) is 0 Å². The van der Waals surface area contributed by atoms with Crippen LogP contribution in [0.2, 0.25) is 0 Å². The number of nitrogens with zero attached hydrogens (tertiary/aromatic N) is 2. The van der Waals surface area contributed by atoms with Crippen LogP contribution in [0.25, 0.3) is 66.9 Å². The van der Waals surface area contributed by atoms with Crippen LogP contribution < -0.4 is 0 Å². The molecule has 0 saturated carbocycles. The number of aromatic nitrogens is 2. The topological polar surface area (TPSA) is 25.8 Å². The second-order valence-corrected chi connectivity index (χ2v) is 13.7. The highest BCUT2D eigenvalue weighted by molar-refractivity contribution is 5.94. The largest absolute Gasteiger partial charge is 0.228 e. The zero-order chi connectivity index (χ0) is 35.2. The van der Waals surface area contributed by atoms with Crippen molar-refractivity contribution < 1.29 is 0 Å². The van der Waals surface area contributed by atoms with Crippen molar-refractivity contribution >= 4 is 10.9 Å². The standard InChI is InChI=1S/C51H34N2/c1-3-15-35(16-4-1)36-29-31-37(32-30-36)49-45-25-9-12-28-48(45)52-50(53-49)40-19-13-17-38(33-40)39-18-14-22-42(34-39)51(41-20-5-2-6-21-41)46-26-10-7-23-43(46)44-24-8-11-27-47(44)51/h1-34H. The zero-order valence-corrected chi connectivity index (χ0v) is 29.0. The molecule has 10 rings (SSSR count). The first-order chi connectivity index (χ1) is 26.3. The first kappa shape index (κ1) is 30.9. The van der Waals surface area contributed by atoms with Gasteiger partial charge in [-0.05, 0) is 73.8 Å². The quantitative estimate of drug-likeness (QED) is 0.175. The molecule has 0 spiro atoms. The highest BCUT2D eigenvalue weighted by Gasteiger charge is 2.45. The van der Waals surface area contributed by atoms with E-state index in [0.717, 1.165) is 38.9 Å². The Morgan fingerprint density at radius 1 is 0.321 bits per heavy atom. The van der Waals surface area contributed by atoms with E-state index in [4.69, 9.17) is 9.97 Å². The summed E-state index contributed by atoms with van der Waals surface area (Å²) in [7, 11) is 0. The summed E-state index contributed by atoms with van der Waals surface area (Å²) in [6.07, 6.45) is 0. The highest BCUT2D eigenvalue weighted by Crippen LogP contribution is 2.56. The molecule has 2 heteroatoms. The average Bonchev–Trinajstić information content (AvgIpc) is 3.55. The van der Waals surface area contributed by atoms with Gasteiger partial charge in [-0.1, -0.05) is 188 Å². The Morgan fingerprint density at radius 3 is 1.57 bits per heavy atom. The molecule has 0 atom stereocenters. The van der Waals surface area contributed by atoms with Crippen LogP contribution in [0.3, 0.4) is 0 Å². The fourth-order valence-electron chi connectivity index (χ4n) is 8.36. The maximum Gasteiger partial charge on any atom is 0.160 e. The number of fused-ring (bicyclic) bond motifs is 4. The van der Waals surface area contributed by atoms with E-state index >= 15 is 0 Å². The Kier molecular flexibility index (Phi) is 7.40. The molecule has 8 aromatic carbocycles. The Morgan fingerprint density at radius 2 is 0.830 bits per heavy atom. The third kappa shape index (κ3) is 5.11. The summed E-state index contributed by atoms with van der Waals surface area (Å²) in [4.78, 5) is 10.4. The van der Waals surface area contributed by atoms with Crippen molar-refractivity contribution in [3.63, 3.8) is 0 Å². The lowest BCUT2D eigenvalue weighted by Crippen LogP contribution is -2.28. The van der Waals surface area contributed by atoms with Gasteiger partial charge in [0.2, 0.25) is 0 Å². The third-order valence-electron chi connectivity index (χ3n) is 10.8. The molecule has 2 nitrogen and oxygen atoms in total. The number of rotatable bonds is 6. The maximum atomic E-state index is 5.25. The van der Waals surface area contributed by atoms with Gasteiger partial charge >= 0.3 is 0 Å². The normalized spacial score (nSPS) is 12.7. The predicted molar refractivity (Wildman–Crippen MR) is 219 cm³/mol. The van der Waals surface area contributed by atoms with E-state index in [-0.39, 0.29) is 0 Å². The van der Waals surface area contributed by atoms with Crippen molar-refractivity contribution in [3.05, 3.63) is 229 Å². The van der Waals surface area contributed by atoms with E-state index in [9.17, 15) is 0 Å². The van der Waals surface area contributed by atoms with Gasteiger partial charge in [-0.25, -0.2) is 9.97 Å². The zero-order valence-electron chi connectivity index (χ0n) is 29.0. The molecule has 0 aliphatic heterocycles. The van der Waals surface area contributed by atoms with Crippen LogP contribution in [-0.4, -0.2) is 9.97 Å². The summed E-state index contributed by atoms with van der Waals surface area (Å²) in [5, 5.41) is 1.04. The van der Waals surface area contributed by atoms with Crippen molar-refractivity contribution in [2.45, 2.75) is 5.41 Å². The molecule has 9 aromatic rings. The van der Waals surface area contributed by atoms with Crippen LogP contribution in [0.1, 0.15) is 22.3 Å². The van der Waals surface area contributed by atoms with Crippen molar-refractivity contribution in [1.29, 1.82) is 0 Å². The lowest BCUT2D eigenvalue weighted by molar-refractivity contribution is 0.769. The van der Waals surface area contributed by atoms with Gasteiger partial charge in [-0.2, -0.15) is 0 Å². The minimum Gasteiger partial charge on any atom is -0.228 e. The van der Waals surface area contributed by atoms with Crippen molar-refractivity contribution in [2.24, 2.45) is 0 Å². The van der Waals surface area contributed by atoms with Crippen LogP contribution in [0.4, 0.5) is 0 Å². The van der Waals surface area contributed by atoms with Crippen LogP contribution in [0.15, 0.2) is 206 Å². The van der Waals surface area contributed by atoms with Gasteiger partial charge in [-0.3, -0.25) is 0 Å². The molecular formula is C51H34N2. The smallest absolute Gasteiger partial charge is 0.160 e. The van der Waals surface area contributed by atoms with Gasteiger partial charge in [-0.15, -0.1) is 0 Å². The third-order valence-corrected chi connectivity index (χ3v) is 10.8. The van der Waals surface area contributed by atoms with Gasteiger partial charge < -0.3 is 0 Å². The summed E-state index contributed by atoms with van der Waals surface area (Å²) in [5.41, 5.74) is 15.8. The molecule has 1 aliphatic carbocycles. The molecule has 0 unspecified atom stereocenters. The SMILES string of the molecule is c1ccc(-c2ccc(-c3nc(-c4cccc(-c5cccc(C6(c7ccccc7)c7ccccc7-c7ccccc76)c5)c4)nc4ccccc34)cc2)cc1. The van der Waals surface area contributed by atoms with Gasteiger partial charge in [0.1, 0.15) is 0 Å². The van der Waals surface area contributed by atoms with E-state index in [1.807, 2.05) is 12.1 Å². The Balaban J connectivity index is 1.09. The number of hydrogen-bond acceptors (Lipinski definition) is 2. The molecule has 1 aliphatic rings. The minimum absolute atomic E-state index is 0.450. The van der Waals surface area contributed by atoms with Crippen molar-refractivity contribution in [3.8, 4) is 56.0 Å². The van der Waals surface area contributed by atoms with Crippen molar-refractivity contribution in [1.82, 2.24) is 9.97 Å². The molecule has 0 fully saturated rings. The molecule has 1 heterocycles. The highest BCUT2D eigenvalue weighted by atomic mass is 14.9. The molecule has 53 heavy (non-hydrogen) atoms. The van der Waals surface area contributed by atoms with E-state index in [1.54, 1.807) is 0 Å². The monoisotopic (exact) mass is 674 g/mol. The lowest BCUT2D eigenvalue weighted by atomic mass is 9.67. The molecule has 248 valence electrons.